The first-order chi connectivity index (χ1) is 13.0. The van der Waals surface area contributed by atoms with E-state index in [-0.39, 0.29) is 11.4 Å². The summed E-state index contributed by atoms with van der Waals surface area (Å²) in [5.41, 5.74) is -0.207. The molecule has 0 unspecified atom stereocenters. The second-order valence-electron chi connectivity index (χ2n) is 7.21. The molecule has 2 fully saturated rings. The van der Waals surface area contributed by atoms with Crippen molar-refractivity contribution in [1.82, 2.24) is 19.4 Å². The van der Waals surface area contributed by atoms with Gasteiger partial charge in [-0.25, -0.2) is 9.97 Å². The van der Waals surface area contributed by atoms with Gasteiger partial charge in [0, 0.05) is 36.2 Å². The van der Waals surface area contributed by atoms with Gasteiger partial charge in [0.05, 0.1) is 6.20 Å². The summed E-state index contributed by atoms with van der Waals surface area (Å²) in [5, 5.41) is 0. The summed E-state index contributed by atoms with van der Waals surface area (Å²) in [6.07, 6.45) is 7.35. The van der Waals surface area contributed by atoms with Crippen LogP contribution in [-0.2, 0) is 6.18 Å². The molecule has 0 N–H and O–H groups in total. The van der Waals surface area contributed by atoms with Crippen molar-refractivity contribution in [2.75, 3.05) is 4.90 Å². The van der Waals surface area contributed by atoms with Gasteiger partial charge in [-0.05, 0) is 44.2 Å². The van der Waals surface area contributed by atoms with Crippen molar-refractivity contribution in [3.8, 4) is 11.4 Å². The molecule has 5 nitrogen and oxygen atoms in total. The van der Waals surface area contributed by atoms with Crippen LogP contribution in [0.25, 0.3) is 16.9 Å². The Morgan fingerprint density at radius 2 is 1.74 bits per heavy atom. The zero-order valence-corrected chi connectivity index (χ0v) is 14.5. The summed E-state index contributed by atoms with van der Waals surface area (Å²) in [6.45, 7) is 0. The number of fused-ring (bicyclic) bond motifs is 3. The average molecular weight is 373 g/mol. The molecule has 0 radical (unpaired) electrons. The van der Waals surface area contributed by atoms with E-state index in [0.29, 0.717) is 12.1 Å². The lowest BCUT2D eigenvalue weighted by atomic mass is 10.0. The third-order valence-electron chi connectivity index (χ3n) is 5.69. The molecule has 3 aromatic rings. The van der Waals surface area contributed by atoms with E-state index < -0.39 is 11.9 Å². The van der Waals surface area contributed by atoms with E-state index in [2.05, 4.69) is 19.9 Å². The van der Waals surface area contributed by atoms with Crippen LogP contribution in [0.2, 0.25) is 0 Å². The van der Waals surface area contributed by atoms with E-state index in [9.17, 15) is 13.2 Å². The number of imidazole rings is 1. The lowest BCUT2D eigenvalue weighted by Gasteiger charge is -2.36. The monoisotopic (exact) mass is 373 g/mol. The Morgan fingerprint density at radius 1 is 0.963 bits per heavy atom. The highest BCUT2D eigenvalue weighted by Crippen LogP contribution is 2.41. The second-order valence-corrected chi connectivity index (χ2v) is 7.21. The fraction of sp³-hybridized carbons (Fsp3) is 0.421. The molecule has 0 amide bonds. The van der Waals surface area contributed by atoms with Gasteiger partial charge in [0.25, 0.3) is 0 Å². The van der Waals surface area contributed by atoms with Crippen LogP contribution in [0.5, 0.6) is 0 Å². The van der Waals surface area contributed by atoms with Crippen LogP contribution in [-0.4, -0.2) is 31.4 Å². The highest BCUT2D eigenvalue weighted by atomic mass is 19.4. The Hall–Kier alpha value is -2.64. The summed E-state index contributed by atoms with van der Waals surface area (Å²) in [7, 11) is 0. The number of piperidine rings is 1. The zero-order chi connectivity index (χ0) is 18.6. The van der Waals surface area contributed by atoms with Gasteiger partial charge in [-0.15, -0.1) is 0 Å². The predicted octanol–water partition coefficient (Wildman–Crippen LogP) is 4.33. The minimum Gasteiger partial charge on any atom is -0.349 e. The van der Waals surface area contributed by atoms with Crippen LogP contribution in [0.3, 0.4) is 0 Å². The molecular formula is C19H18F3N5. The van der Waals surface area contributed by atoms with E-state index >= 15 is 0 Å². The molecular weight excluding hydrogens is 355 g/mol. The van der Waals surface area contributed by atoms with Crippen molar-refractivity contribution in [3.05, 3.63) is 42.6 Å². The van der Waals surface area contributed by atoms with Crippen LogP contribution in [0.1, 0.15) is 37.8 Å². The van der Waals surface area contributed by atoms with Crippen molar-refractivity contribution in [2.45, 2.75) is 50.4 Å². The summed E-state index contributed by atoms with van der Waals surface area (Å²) in [5.74, 6) is 1.05. The number of rotatable bonds is 2. The Balaban J connectivity index is 1.66. The number of nitrogens with zero attached hydrogens (tertiary/aromatic N) is 5. The normalized spacial score (nSPS) is 22.6. The molecule has 2 atom stereocenters. The van der Waals surface area contributed by atoms with Crippen molar-refractivity contribution >= 4 is 11.3 Å². The van der Waals surface area contributed by atoms with E-state index in [1.165, 1.54) is 18.6 Å². The molecule has 5 heterocycles. The standard InChI is InChI=1S/C19H18F3N5/c20-19(21,22)16-14(5-2-8-23-16)17-25-11-15-18(24-9-10-26(15)17)27-12-3-1-4-13(27)7-6-12/h2,5,8-13H,1,3-4,6-7H2/t12-,13-/m1/s1. The molecule has 2 bridgehead atoms. The van der Waals surface area contributed by atoms with Crippen LogP contribution in [0.4, 0.5) is 19.0 Å². The van der Waals surface area contributed by atoms with Gasteiger partial charge in [0.1, 0.15) is 11.3 Å². The van der Waals surface area contributed by atoms with Crippen LogP contribution >= 0.6 is 0 Å². The predicted molar refractivity (Wildman–Crippen MR) is 94.4 cm³/mol. The van der Waals surface area contributed by atoms with Crippen molar-refractivity contribution in [1.29, 1.82) is 0 Å². The molecule has 0 spiro atoms. The number of hydrogen-bond donors (Lipinski definition) is 0. The lowest BCUT2D eigenvalue weighted by molar-refractivity contribution is -0.140. The molecule has 2 aliphatic rings. The Kier molecular flexibility index (Phi) is 3.63. The molecule has 0 saturated carbocycles. The summed E-state index contributed by atoms with van der Waals surface area (Å²) in [6, 6.07) is 3.84. The Labute approximate surface area is 153 Å². The van der Waals surface area contributed by atoms with Gasteiger partial charge < -0.3 is 4.90 Å². The molecule has 8 heteroatoms. The molecule has 0 aromatic carbocycles. The molecule has 2 aliphatic heterocycles. The quantitative estimate of drug-likeness (QED) is 0.671. The first-order valence-corrected chi connectivity index (χ1v) is 9.17. The first-order valence-electron chi connectivity index (χ1n) is 9.17. The highest BCUT2D eigenvalue weighted by Gasteiger charge is 2.39. The van der Waals surface area contributed by atoms with Crippen molar-refractivity contribution in [2.24, 2.45) is 0 Å². The van der Waals surface area contributed by atoms with Gasteiger partial charge in [0.15, 0.2) is 11.5 Å². The second kappa shape index (κ2) is 5.94. The maximum absolute atomic E-state index is 13.4. The molecule has 3 aromatic heterocycles. The van der Waals surface area contributed by atoms with Crippen LogP contribution < -0.4 is 4.90 Å². The van der Waals surface area contributed by atoms with Gasteiger partial charge in [-0.2, -0.15) is 13.2 Å². The van der Waals surface area contributed by atoms with Gasteiger partial charge in [-0.3, -0.25) is 9.38 Å². The number of halogens is 3. The zero-order valence-electron chi connectivity index (χ0n) is 14.5. The highest BCUT2D eigenvalue weighted by molar-refractivity contribution is 5.74. The van der Waals surface area contributed by atoms with E-state index in [0.717, 1.165) is 43.2 Å². The maximum atomic E-state index is 13.4. The SMILES string of the molecule is FC(F)(F)c1ncccc1-c1ncc2c(N3[C@@H]4CCC[C@@H]3CC4)nccn12. The number of alkyl halides is 3. The molecule has 140 valence electrons. The maximum Gasteiger partial charge on any atom is 0.434 e. The van der Waals surface area contributed by atoms with Gasteiger partial charge in [-0.1, -0.05) is 0 Å². The van der Waals surface area contributed by atoms with Gasteiger partial charge in [0.2, 0.25) is 0 Å². The molecule has 2 saturated heterocycles. The Morgan fingerprint density at radius 3 is 2.48 bits per heavy atom. The minimum atomic E-state index is -4.54. The minimum absolute atomic E-state index is 0.0243. The number of anilines is 1. The fourth-order valence-corrected chi connectivity index (χ4v) is 4.59. The van der Waals surface area contributed by atoms with Crippen LogP contribution in [0, 0.1) is 0 Å². The summed E-state index contributed by atoms with van der Waals surface area (Å²) < 4.78 is 41.9. The van der Waals surface area contributed by atoms with Gasteiger partial charge >= 0.3 is 6.18 Å². The van der Waals surface area contributed by atoms with Crippen molar-refractivity contribution in [3.63, 3.8) is 0 Å². The van der Waals surface area contributed by atoms with E-state index in [1.54, 1.807) is 23.0 Å². The smallest absolute Gasteiger partial charge is 0.349 e. The number of pyridine rings is 1. The largest absolute Gasteiger partial charge is 0.434 e. The topological polar surface area (TPSA) is 46.3 Å². The molecule has 27 heavy (non-hydrogen) atoms. The van der Waals surface area contributed by atoms with Crippen molar-refractivity contribution < 1.29 is 13.2 Å². The molecule has 5 rings (SSSR count). The van der Waals surface area contributed by atoms with E-state index in [4.69, 9.17) is 0 Å². The number of aromatic nitrogens is 4. The average Bonchev–Trinajstić information content (AvgIpc) is 3.19. The fourth-order valence-electron chi connectivity index (χ4n) is 4.59. The Bertz CT molecular complexity index is 980. The van der Waals surface area contributed by atoms with E-state index in [1.807, 2.05) is 0 Å². The summed E-state index contributed by atoms with van der Waals surface area (Å²) in [4.78, 5) is 14.8. The number of hydrogen-bond acceptors (Lipinski definition) is 4. The summed E-state index contributed by atoms with van der Waals surface area (Å²) >= 11 is 0. The van der Waals surface area contributed by atoms with Crippen LogP contribution in [0.15, 0.2) is 36.9 Å². The molecule has 0 aliphatic carbocycles. The third-order valence-corrected chi connectivity index (χ3v) is 5.69. The first kappa shape index (κ1) is 16.5. The third kappa shape index (κ3) is 2.57. The lowest BCUT2D eigenvalue weighted by Crippen LogP contribution is -2.40.